The standard InChI is InChI=1S/C14H15N3/c1-10-14-6-12(13-7-15-9-16-8-13)3-2-11(14)4-5-17-10/h2-3,6-10,17H,4-5H2,1H3. The Kier molecular flexibility index (Phi) is 2.61. The molecule has 0 saturated heterocycles. The van der Waals surface area contributed by atoms with Gasteiger partial charge in [-0.05, 0) is 42.6 Å². The number of aromatic nitrogens is 2. The van der Waals surface area contributed by atoms with E-state index >= 15 is 0 Å². The Labute approximate surface area is 101 Å². The number of hydrogen-bond donors (Lipinski definition) is 1. The van der Waals surface area contributed by atoms with Crippen LogP contribution in [0.2, 0.25) is 0 Å². The third-order valence-corrected chi connectivity index (χ3v) is 3.35. The van der Waals surface area contributed by atoms with E-state index in [2.05, 4.69) is 40.4 Å². The molecule has 0 amide bonds. The van der Waals surface area contributed by atoms with Gasteiger partial charge in [0.25, 0.3) is 0 Å². The van der Waals surface area contributed by atoms with Crippen molar-refractivity contribution in [1.82, 2.24) is 15.3 Å². The van der Waals surface area contributed by atoms with Crippen LogP contribution in [0.1, 0.15) is 24.1 Å². The molecule has 3 heteroatoms. The highest BCUT2D eigenvalue weighted by Crippen LogP contribution is 2.27. The maximum atomic E-state index is 4.07. The van der Waals surface area contributed by atoms with Gasteiger partial charge < -0.3 is 5.32 Å². The van der Waals surface area contributed by atoms with Gasteiger partial charge in [0, 0.05) is 24.0 Å². The minimum Gasteiger partial charge on any atom is -0.310 e. The number of hydrogen-bond acceptors (Lipinski definition) is 3. The van der Waals surface area contributed by atoms with Crippen molar-refractivity contribution in [3.05, 3.63) is 48.0 Å². The molecule has 1 aromatic carbocycles. The van der Waals surface area contributed by atoms with E-state index in [1.807, 2.05) is 12.4 Å². The summed E-state index contributed by atoms with van der Waals surface area (Å²) >= 11 is 0. The fraction of sp³-hybridized carbons (Fsp3) is 0.286. The van der Waals surface area contributed by atoms with Gasteiger partial charge in [0.1, 0.15) is 6.33 Å². The molecule has 1 aliphatic rings. The van der Waals surface area contributed by atoms with Crippen molar-refractivity contribution in [2.24, 2.45) is 0 Å². The Bertz CT molecular complexity index is 522. The van der Waals surface area contributed by atoms with Crippen LogP contribution in [0, 0.1) is 0 Å². The molecule has 2 heterocycles. The molecule has 0 spiro atoms. The Morgan fingerprint density at radius 3 is 2.82 bits per heavy atom. The molecule has 17 heavy (non-hydrogen) atoms. The summed E-state index contributed by atoms with van der Waals surface area (Å²) in [6.45, 7) is 3.28. The van der Waals surface area contributed by atoms with Crippen molar-refractivity contribution < 1.29 is 0 Å². The molecule has 0 aliphatic carbocycles. The molecule has 1 aliphatic heterocycles. The van der Waals surface area contributed by atoms with Crippen LogP contribution in [0.15, 0.2) is 36.9 Å². The number of nitrogens with zero attached hydrogens (tertiary/aromatic N) is 2. The van der Waals surface area contributed by atoms with E-state index in [4.69, 9.17) is 0 Å². The number of fused-ring (bicyclic) bond motifs is 1. The maximum absolute atomic E-state index is 4.07. The zero-order chi connectivity index (χ0) is 11.7. The highest BCUT2D eigenvalue weighted by molar-refractivity contribution is 5.63. The molecule has 3 nitrogen and oxygen atoms in total. The normalized spacial score (nSPS) is 18.8. The molecule has 0 bridgehead atoms. The summed E-state index contributed by atoms with van der Waals surface area (Å²) in [6, 6.07) is 7.08. The fourth-order valence-corrected chi connectivity index (χ4v) is 2.39. The van der Waals surface area contributed by atoms with Gasteiger partial charge in [-0.1, -0.05) is 12.1 Å². The van der Waals surface area contributed by atoms with Gasteiger partial charge in [0.05, 0.1) is 0 Å². The first-order valence-corrected chi connectivity index (χ1v) is 5.96. The van der Waals surface area contributed by atoms with Crippen molar-refractivity contribution in [3.8, 4) is 11.1 Å². The van der Waals surface area contributed by atoms with Crippen molar-refractivity contribution in [2.75, 3.05) is 6.54 Å². The van der Waals surface area contributed by atoms with Crippen LogP contribution in [0.4, 0.5) is 0 Å². The second kappa shape index (κ2) is 4.26. The molecule has 0 radical (unpaired) electrons. The molecule has 1 N–H and O–H groups in total. The summed E-state index contributed by atoms with van der Waals surface area (Å²) in [4.78, 5) is 8.13. The average Bonchev–Trinajstić information content (AvgIpc) is 2.40. The van der Waals surface area contributed by atoms with E-state index in [0.29, 0.717) is 6.04 Å². The monoisotopic (exact) mass is 225 g/mol. The van der Waals surface area contributed by atoms with Crippen LogP contribution in [-0.2, 0) is 6.42 Å². The predicted molar refractivity (Wildman–Crippen MR) is 67.6 cm³/mol. The first-order chi connectivity index (χ1) is 8.34. The molecule has 1 unspecified atom stereocenters. The van der Waals surface area contributed by atoms with Crippen molar-refractivity contribution >= 4 is 0 Å². The lowest BCUT2D eigenvalue weighted by Crippen LogP contribution is -2.27. The summed E-state index contributed by atoms with van der Waals surface area (Å²) in [7, 11) is 0. The van der Waals surface area contributed by atoms with Crippen LogP contribution < -0.4 is 5.32 Å². The molecule has 0 fully saturated rings. The van der Waals surface area contributed by atoms with Crippen LogP contribution in [0.25, 0.3) is 11.1 Å². The predicted octanol–water partition coefficient (Wildman–Crippen LogP) is 2.35. The van der Waals surface area contributed by atoms with Gasteiger partial charge in [-0.15, -0.1) is 0 Å². The second-order valence-corrected chi connectivity index (χ2v) is 4.47. The van der Waals surface area contributed by atoms with Crippen molar-refractivity contribution in [2.45, 2.75) is 19.4 Å². The third-order valence-electron chi connectivity index (χ3n) is 3.35. The summed E-state index contributed by atoms with van der Waals surface area (Å²) in [6.07, 6.45) is 6.39. The molecular weight excluding hydrogens is 210 g/mol. The lowest BCUT2D eigenvalue weighted by molar-refractivity contribution is 0.541. The summed E-state index contributed by atoms with van der Waals surface area (Å²) in [5.74, 6) is 0. The zero-order valence-corrected chi connectivity index (χ0v) is 9.85. The Morgan fingerprint density at radius 1 is 1.18 bits per heavy atom. The number of nitrogens with one attached hydrogen (secondary N) is 1. The van der Waals surface area contributed by atoms with Crippen LogP contribution >= 0.6 is 0 Å². The molecule has 86 valence electrons. The summed E-state index contributed by atoms with van der Waals surface area (Å²) < 4.78 is 0. The lowest BCUT2D eigenvalue weighted by atomic mass is 9.92. The van der Waals surface area contributed by atoms with Gasteiger partial charge in [-0.25, -0.2) is 9.97 Å². The van der Waals surface area contributed by atoms with Gasteiger partial charge in [-0.2, -0.15) is 0 Å². The summed E-state index contributed by atoms with van der Waals surface area (Å²) in [5, 5.41) is 3.49. The van der Waals surface area contributed by atoms with Crippen molar-refractivity contribution in [3.63, 3.8) is 0 Å². The smallest absolute Gasteiger partial charge is 0.115 e. The Balaban J connectivity index is 2.06. The van der Waals surface area contributed by atoms with E-state index in [-0.39, 0.29) is 0 Å². The highest BCUT2D eigenvalue weighted by atomic mass is 14.9. The highest BCUT2D eigenvalue weighted by Gasteiger charge is 2.15. The first-order valence-electron chi connectivity index (χ1n) is 5.96. The van der Waals surface area contributed by atoms with Gasteiger partial charge in [-0.3, -0.25) is 0 Å². The number of rotatable bonds is 1. The van der Waals surface area contributed by atoms with E-state index in [1.54, 1.807) is 6.33 Å². The maximum Gasteiger partial charge on any atom is 0.115 e. The van der Waals surface area contributed by atoms with Crippen LogP contribution in [0.3, 0.4) is 0 Å². The molecule has 1 aromatic heterocycles. The zero-order valence-electron chi connectivity index (χ0n) is 9.85. The lowest BCUT2D eigenvalue weighted by Gasteiger charge is -2.24. The minimum absolute atomic E-state index is 0.434. The molecule has 2 aromatic rings. The first kappa shape index (κ1) is 10.4. The Hall–Kier alpha value is -1.74. The molecule has 3 rings (SSSR count). The van der Waals surface area contributed by atoms with Gasteiger partial charge in [0.2, 0.25) is 0 Å². The second-order valence-electron chi connectivity index (χ2n) is 4.47. The fourth-order valence-electron chi connectivity index (χ4n) is 2.39. The van der Waals surface area contributed by atoms with Gasteiger partial charge >= 0.3 is 0 Å². The van der Waals surface area contributed by atoms with E-state index in [1.165, 1.54) is 16.7 Å². The molecular formula is C14H15N3. The minimum atomic E-state index is 0.434. The SMILES string of the molecule is CC1NCCc2ccc(-c3cncnc3)cc21. The number of benzene rings is 1. The molecule has 1 atom stereocenters. The van der Waals surface area contributed by atoms with Gasteiger partial charge in [0.15, 0.2) is 0 Å². The largest absolute Gasteiger partial charge is 0.310 e. The summed E-state index contributed by atoms with van der Waals surface area (Å²) in [5.41, 5.74) is 5.13. The van der Waals surface area contributed by atoms with Crippen LogP contribution in [-0.4, -0.2) is 16.5 Å². The van der Waals surface area contributed by atoms with Crippen LogP contribution in [0.5, 0.6) is 0 Å². The quantitative estimate of drug-likeness (QED) is 0.809. The van der Waals surface area contributed by atoms with E-state index in [9.17, 15) is 0 Å². The van der Waals surface area contributed by atoms with Crippen molar-refractivity contribution in [1.29, 1.82) is 0 Å². The average molecular weight is 225 g/mol. The van der Waals surface area contributed by atoms with E-state index in [0.717, 1.165) is 18.5 Å². The topological polar surface area (TPSA) is 37.8 Å². The van der Waals surface area contributed by atoms with E-state index < -0.39 is 0 Å². The molecule has 0 saturated carbocycles. The third kappa shape index (κ3) is 1.94. The Morgan fingerprint density at radius 2 is 2.00 bits per heavy atom.